The first kappa shape index (κ1) is 34.1. The predicted molar refractivity (Wildman–Crippen MR) is 162 cm³/mol. The molecule has 0 saturated carbocycles. The van der Waals surface area contributed by atoms with Crippen LogP contribution in [0.3, 0.4) is 0 Å². The van der Waals surface area contributed by atoms with Crippen molar-refractivity contribution in [2.24, 2.45) is 11.8 Å². The number of nitrogens with one attached hydrogen (secondary N) is 1. The summed E-state index contributed by atoms with van der Waals surface area (Å²) < 4.78 is 34.6. The molecule has 0 spiro atoms. The molecule has 12 heteroatoms. The second-order valence-electron chi connectivity index (χ2n) is 12.5. The lowest BCUT2D eigenvalue weighted by atomic mass is 9.82. The zero-order chi connectivity index (χ0) is 32.1. The fraction of sp³-hybridized carbons (Fsp3) is 0.625. The molecule has 2 fully saturated rings. The molecule has 11 nitrogen and oxygen atoms in total. The normalized spacial score (nSPS) is 23.2. The van der Waals surface area contributed by atoms with Gasteiger partial charge in [-0.2, -0.15) is 0 Å². The van der Waals surface area contributed by atoms with Crippen molar-refractivity contribution in [2.45, 2.75) is 75.0 Å². The fourth-order valence-electron chi connectivity index (χ4n) is 5.79. The standard InChI is InChI=1S/C32H44N2O9S/c1-21(16-25(35)19-34-12-14-42-15-13-34)31(39)33-28(29(37)23-8-10-26(11-9-23)44(3,40)41)27(36)18-24(17-22-6-4-5-7-22)30(38)32(2)20-43-32/h6,8-11,21,24,28-29,37H,4-5,7,12-20H2,1-3H3,(H,33,39). The highest BCUT2D eigenvalue weighted by molar-refractivity contribution is 7.90. The Labute approximate surface area is 259 Å². The van der Waals surface area contributed by atoms with E-state index in [1.165, 1.54) is 24.3 Å². The van der Waals surface area contributed by atoms with Crippen molar-refractivity contribution in [2.75, 3.05) is 45.7 Å². The van der Waals surface area contributed by atoms with Gasteiger partial charge in [-0.3, -0.25) is 24.1 Å². The molecule has 1 aromatic rings. The van der Waals surface area contributed by atoms with Crippen molar-refractivity contribution in [1.29, 1.82) is 0 Å². The Kier molecular flexibility index (Phi) is 11.3. The maximum atomic E-state index is 13.9. The van der Waals surface area contributed by atoms with Crippen molar-refractivity contribution < 1.29 is 42.2 Å². The summed E-state index contributed by atoms with van der Waals surface area (Å²) in [6, 6.07) is 4.02. The molecule has 2 N–H and O–H groups in total. The number of hydrogen-bond acceptors (Lipinski definition) is 10. The number of benzene rings is 1. The third kappa shape index (κ3) is 9.13. The summed E-state index contributed by atoms with van der Waals surface area (Å²) in [5, 5.41) is 14.1. The Bertz CT molecular complexity index is 1360. The van der Waals surface area contributed by atoms with Crippen molar-refractivity contribution >= 4 is 33.1 Å². The van der Waals surface area contributed by atoms with Gasteiger partial charge in [-0.15, -0.1) is 0 Å². The number of aliphatic hydroxyl groups excluding tert-OH is 1. The Morgan fingerprint density at radius 2 is 1.75 bits per heavy atom. The molecule has 242 valence electrons. The monoisotopic (exact) mass is 632 g/mol. The van der Waals surface area contributed by atoms with Crippen LogP contribution in [0, 0.1) is 11.8 Å². The lowest BCUT2D eigenvalue weighted by Crippen LogP contribution is -2.48. The van der Waals surface area contributed by atoms with E-state index in [1.807, 2.05) is 4.90 Å². The largest absolute Gasteiger partial charge is 0.386 e. The van der Waals surface area contributed by atoms with Gasteiger partial charge < -0.3 is 19.9 Å². The minimum absolute atomic E-state index is 0.0425. The number of epoxide rings is 1. The molecule has 5 unspecified atom stereocenters. The van der Waals surface area contributed by atoms with Crippen LogP contribution in [0.15, 0.2) is 40.8 Å². The van der Waals surface area contributed by atoms with E-state index in [2.05, 4.69) is 11.4 Å². The number of ether oxygens (including phenoxy) is 2. The van der Waals surface area contributed by atoms with Gasteiger partial charge >= 0.3 is 0 Å². The van der Waals surface area contributed by atoms with Crippen LogP contribution in [0.25, 0.3) is 0 Å². The number of ketones is 3. The fourth-order valence-corrected chi connectivity index (χ4v) is 6.42. The number of sulfone groups is 1. The number of aliphatic hydroxyl groups is 1. The van der Waals surface area contributed by atoms with E-state index in [0.29, 0.717) is 32.7 Å². The van der Waals surface area contributed by atoms with Crippen LogP contribution in [0.1, 0.15) is 64.0 Å². The van der Waals surface area contributed by atoms with E-state index >= 15 is 0 Å². The van der Waals surface area contributed by atoms with E-state index in [0.717, 1.165) is 31.1 Å². The number of Topliss-reactive ketones (excluding diaryl/α,β-unsaturated/α-hetero) is 3. The van der Waals surface area contributed by atoms with Gasteiger partial charge in [-0.25, -0.2) is 8.42 Å². The minimum Gasteiger partial charge on any atom is -0.386 e. The number of rotatable bonds is 16. The van der Waals surface area contributed by atoms with E-state index in [-0.39, 0.29) is 48.0 Å². The molecule has 2 aliphatic heterocycles. The number of nitrogens with zero attached hydrogens (tertiary/aromatic N) is 1. The maximum Gasteiger partial charge on any atom is 0.223 e. The summed E-state index contributed by atoms with van der Waals surface area (Å²) in [6.45, 7) is 6.11. The van der Waals surface area contributed by atoms with E-state index in [1.54, 1.807) is 13.8 Å². The summed E-state index contributed by atoms with van der Waals surface area (Å²) >= 11 is 0. The Morgan fingerprint density at radius 3 is 2.32 bits per heavy atom. The average molecular weight is 633 g/mol. The molecule has 1 aliphatic carbocycles. The van der Waals surface area contributed by atoms with Crippen molar-refractivity contribution in [3.8, 4) is 0 Å². The van der Waals surface area contributed by atoms with Crippen LogP contribution < -0.4 is 5.32 Å². The highest BCUT2D eigenvalue weighted by atomic mass is 32.2. The van der Waals surface area contributed by atoms with Crippen LogP contribution in [0.4, 0.5) is 0 Å². The summed E-state index contributed by atoms with van der Waals surface area (Å²) in [5.41, 5.74) is 0.384. The van der Waals surface area contributed by atoms with Crippen molar-refractivity contribution in [3.05, 3.63) is 41.5 Å². The minimum atomic E-state index is -3.49. The lowest BCUT2D eigenvalue weighted by Gasteiger charge is -2.28. The Balaban J connectivity index is 1.52. The molecule has 2 heterocycles. The molecule has 5 atom stereocenters. The smallest absolute Gasteiger partial charge is 0.223 e. The number of allylic oxidation sites excluding steroid dienone is 2. The summed E-state index contributed by atoms with van der Waals surface area (Å²) in [5.74, 6) is -2.89. The van der Waals surface area contributed by atoms with Crippen LogP contribution in [-0.4, -0.2) is 99.0 Å². The topological polar surface area (TPSA) is 160 Å². The predicted octanol–water partition coefficient (Wildman–Crippen LogP) is 1.97. The second kappa shape index (κ2) is 14.6. The van der Waals surface area contributed by atoms with Gasteiger partial charge in [-0.05, 0) is 50.3 Å². The number of morpholine rings is 1. The highest BCUT2D eigenvalue weighted by Gasteiger charge is 2.50. The third-order valence-corrected chi connectivity index (χ3v) is 9.78. The maximum absolute atomic E-state index is 13.9. The van der Waals surface area contributed by atoms with E-state index in [4.69, 9.17) is 9.47 Å². The quantitative estimate of drug-likeness (QED) is 0.204. The molecule has 1 amide bonds. The first-order valence-electron chi connectivity index (χ1n) is 15.3. The summed E-state index contributed by atoms with van der Waals surface area (Å²) in [7, 11) is -3.49. The Hall–Kier alpha value is -2.77. The lowest BCUT2D eigenvalue weighted by molar-refractivity contribution is -0.136. The van der Waals surface area contributed by atoms with E-state index < -0.39 is 51.1 Å². The Morgan fingerprint density at radius 1 is 1.09 bits per heavy atom. The molecule has 44 heavy (non-hydrogen) atoms. The van der Waals surface area contributed by atoms with Gasteiger partial charge in [0.2, 0.25) is 5.91 Å². The summed E-state index contributed by atoms with van der Waals surface area (Å²) in [4.78, 5) is 55.4. The van der Waals surface area contributed by atoms with Crippen LogP contribution in [0.2, 0.25) is 0 Å². The zero-order valence-electron chi connectivity index (χ0n) is 25.8. The number of carbonyl (C=O) groups is 4. The van der Waals surface area contributed by atoms with Crippen LogP contribution in [-0.2, 0) is 38.5 Å². The average Bonchev–Trinajstić information content (AvgIpc) is 3.52. The first-order chi connectivity index (χ1) is 20.8. The molecule has 4 rings (SSSR count). The number of hydrogen-bond donors (Lipinski definition) is 2. The van der Waals surface area contributed by atoms with Gasteiger partial charge in [0, 0.05) is 44.0 Å². The number of amides is 1. The first-order valence-corrected chi connectivity index (χ1v) is 17.1. The van der Waals surface area contributed by atoms with Crippen molar-refractivity contribution in [1.82, 2.24) is 10.2 Å². The molecule has 1 aromatic carbocycles. The summed E-state index contributed by atoms with van der Waals surface area (Å²) in [6.07, 6.45) is 4.52. The van der Waals surface area contributed by atoms with Crippen LogP contribution >= 0.6 is 0 Å². The van der Waals surface area contributed by atoms with Gasteiger partial charge in [-0.1, -0.05) is 30.7 Å². The molecule has 0 radical (unpaired) electrons. The molecule has 2 saturated heterocycles. The van der Waals surface area contributed by atoms with Gasteiger partial charge in [0.1, 0.15) is 23.5 Å². The van der Waals surface area contributed by atoms with Gasteiger partial charge in [0.25, 0.3) is 0 Å². The van der Waals surface area contributed by atoms with Gasteiger partial charge in [0.15, 0.2) is 21.4 Å². The zero-order valence-corrected chi connectivity index (χ0v) is 26.6. The van der Waals surface area contributed by atoms with Crippen LogP contribution in [0.5, 0.6) is 0 Å². The van der Waals surface area contributed by atoms with E-state index in [9.17, 15) is 32.7 Å². The van der Waals surface area contributed by atoms with Gasteiger partial charge in [0.05, 0.1) is 31.3 Å². The molecular formula is C32H44N2O9S. The SMILES string of the molecule is CC(CC(=O)CN1CCOCC1)C(=O)NC(C(=O)CC(CC1=CCCC1)C(=O)C1(C)CO1)C(O)c1ccc(S(C)(=O)=O)cc1. The second-order valence-corrected chi connectivity index (χ2v) is 14.5. The molecular weight excluding hydrogens is 588 g/mol. The third-order valence-electron chi connectivity index (χ3n) is 8.66. The molecule has 0 bridgehead atoms. The van der Waals surface area contributed by atoms with Crippen molar-refractivity contribution in [3.63, 3.8) is 0 Å². The molecule has 3 aliphatic rings. The highest BCUT2D eigenvalue weighted by Crippen LogP contribution is 2.36. The number of carbonyl (C=O) groups excluding carboxylic acids is 4. The molecule has 0 aromatic heterocycles.